The smallest absolute Gasteiger partial charge is 0.203 e. The summed E-state index contributed by atoms with van der Waals surface area (Å²) in [6.07, 6.45) is 0. The average molecular weight is 199 g/mol. The van der Waals surface area contributed by atoms with E-state index in [9.17, 15) is 13.2 Å². The maximum atomic E-state index is 12.1. The second-order valence-corrected chi connectivity index (χ2v) is 1.69. The fourth-order valence-corrected chi connectivity index (χ4v) is 0.516. The molecule has 0 aliphatic carbocycles. The van der Waals surface area contributed by atoms with Crippen molar-refractivity contribution in [3.05, 3.63) is 29.6 Å². The van der Waals surface area contributed by atoms with Gasteiger partial charge in [-0.25, -0.2) is 8.78 Å². The van der Waals surface area contributed by atoms with Gasteiger partial charge in [0.05, 0.1) is 0 Å². The number of benzene rings is 1. The summed E-state index contributed by atoms with van der Waals surface area (Å²) in [6.45, 7) is 0. The molecule has 11 heavy (non-hydrogen) atoms. The van der Waals surface area contributed by atoms with Gasteiger partial charge >= 0.3 is 0 Å². The van der Waals surface area contributed by atoms with E-state index in [2.05, 4.69) is 0 Å². The zero-order chi connectivity index (χ0) is 7.72. The zero-order valence-electron chi connectivity index (χ0n) is 5.18. The fourth-order valence-electron chi connectivity index (χ4n) is 0.516. The molecule has 0 fully saturated rings. The van der Waals surface area contributed by atoms with Gasteiger partial charge in [-0.3, -0.25) is 0 Å². The Morgan fingerprint density at radius 2 is 1.45 bits per heavy atom. The average Bonchev–Trinajstić information content (AvgIpc) is 1.93. The molecule has 59 valence electrons. The molecule has 1 rings (SSSR count). The first-order chi connectivity index (χ1) is 4.63. The zero-order valence-corrected chi connectivity index (χ0v) is 6.58. The maximum absolute atomic E-state index is 12.1. The van der Waals surface area contributed by atoms with Gasteiger partial charge in [-0.05, 0) is 12.1 Å². The molecule has 0 spiro atoms. The van der Waals surface area contributed by atoms with Gasteiger partial charge < -0.3 is 5.11 Å². The molecule has 0 amide bonds. The van der Waals surface area contributed by atoms with Gasteiger partial charge in [0.25, 0.3) is 0 Å². The van der Waals surface area contributed by atoms with E-state index in [1.165, 1.54) is 0 Å². The molecule has 0 aliphatic rings. The van der Waals surface area contributed by atoms with Crippen molar-refractivity contribution in [2.24, 2.45) is 0 Å². The van der Waals surface area contributed by atoms with E-state index < -0.39 is 23.2 Å². The van der Waals surface area contributed by atoms with E-state index in [1.54, 1.807) is 0 Å². The topological polar surface area (TPSA) is 20.2 Å². The number of phenols is 1. The Kier molecular flexibility index (Phi) is 3.49. The molecule has 0 saturated heterocycles. The third-order valence-corrected chi connectivity index (χ3v) is 1.02. The summed E-state index contributed by atoms with van der Waals surface area (Å²) in [4.78, 5) is 0. The van der Waals surface area contributed by atoms with Crippen LogP contribution in [-0.4, -0.2) is 5.11 Å². The largest absolute Gasteiger partial charge is 0.503 e. The number of hydrogen-bond acceptors (Lipinski definition) is 1. The molecule has 1 aromatic carbocycles. The summed E-state index contributed by atoms with van der Waals surface area (Å²) in [6, 6.07) is 1.25. The van der Waals surface area contributed by atoms with Crippen molar-refractivity contribution in [3.8, 4) is 5.75 Å². The summed E-state index contributed by atoms with van der Waals surface area (Å²) in [7, 11) is 0. The number of halogens is 3. The molecule has 0 aliphatic heterocycles. The standard InChI is InChI=1S/C6H3F3O.V/c7-3-1-2-4(8)6(10)5(3)9;/h1-2,10H;. The first kappa shape index (κ1) is 10.4. The van der Waals surface area contributed by atoms with Gasteiger partial charge in [0.1, 0.15) is 0 Å². The molecule has 0 unspecified atom stereocenters. The van der Waals surface area contributed by atoms with Crippen molar-refractivity contribution in [1.82, 2.24) is 0 Å². The van der Waals surface area contributed by atoms with Crippen LogP contribution in [0.5, 0.6) is 5.75 Å². The van der Waals surface area contributed by atoms with Crippen LogP contribution in [0, 0.1) is 17.5 Å². The van der Waals surface area contributed by atoms with Gasteiger partial charge in [0.2, 0.25) is 5.82 Å². The summed E-state index contributed by atoms with van der Waals surface area (Å²) < 4.78 is 36.3. The minimum Gasteiger partial charge on any atom is -0.503 e. The summed E-state index contributed by atoms with van der Waals surface area (Å²) >= 11 is 0. The van der Waals surface area contributed by atoms with Crippen LogP contribution in [0.4, 0.5) is 13.2 Å². The van der Waals surface area contributed by atoms with Crippen LogP contribution in [0.3, 0.4) is 0 Å². The molecular formula is C6H3F3OV. The Balaban J connectivity index is 0.000001000. The number of hydrogen-bond donors (Lipinski definition) is 1. The molecule has 0 heterocycles. The molecule has 0 bridgehead atoms. The minimum absolute atomic E-state index is 0. The van der Waals surface area contributed by atoms with Crippen molar-refractivity contribution in [2.45, 2.75) is 0 Å². The summed E-state index contributed by atoms with van der Waals surface area (Å²) in [5.74, 6) is -5.27. The molecule has 1 aromatic rings. The number of rotatable bonds is 0. The molecule has 0 aromatic heterocycles. The Labute approximate surface area is 72.7 Å². The van der Waals surface area contributed by atoms with Crippen molar-refractivity contribution in [1.29, 1.82) is 0 Å². The molecule has 5 heteroatoms. The van der Waals surface area contributed by atoms with Crippen LogP contribution >= 0.6 is 0 Å². The van der Waals surface area contributed by atoms with Crippen molar-refractivity contribution in [2.75, 3.05) is 0 Å². The van der Waals surface area contributed by atoms with E-state index in [-0.39, 0.29) is 18.6 Å². The summed E-state index contributed by atoms with van der Waals surface area (Å²) in [5, 5.41) is 8.40. The Bertz CT molecular complexity index is 237. The molecule has 1 radical (unpaired) electrons. The van der Waals surface area contributed by atoms with Crippen LogP contribution < -0.4 is 0 Å². The molecular weight excluding hydrogens is 196 g/mol. The van der Waals surface area contributed by atoms with E-state index in [4.69, 9.17) is 5.11 Å². The quantitative estimate of drug-likeness (QED) is 0.631. The molecule has 0 saturated carbocycles. The Hall–Kier alpha value is -0.606. The maximum Gasteiger partial charge on any atom is 0.203 e. The van der Waals surface area contributed by atoms with Crippen LogP contribution in [0.2, 0.25) is 0 Å². The Morgan fingerprint density at radius 3 is 1.91 bits per heavy atom. The van der Waals surface area contributed by atoms with Gasteiger partial charge in [0, 0.05) is 18.6 Å². The van der Waals surface area contributed by atoms with Crippen LogP contribution in [0.1, 0.15) is 0 Å². The van der Waals surface area contributed by atoms with Crippen molar-refractivity contribution >= 4 is 0 Å². The van der Waals surface area contributed by atoms with E-state index in [0.29, 0.717) is 12.1 Å². The first-order valence-corrected chi connectivity index (χ1v) is 2.45. The molecule has 1 nitrogen and oxygen atoms in total. The third-order valence-electron chi connectivity index (χ3n) is 1.02. The predicted octanol–water partition coefficient (Wildman–Crippen LogP) is 1.81. The van der Waals surface area contributed by atoms with Gasteiger partial charge in [-0.15, -0.1) is 0 Å². The number of phenolic OH excluding ortho intramolecular Hbond substituents is 1. The van der Waals surface area contributed by atoms with E-state index in [0.717, 1.165) is 0 Å². The number of aromatic hydroxyl groups is 1. The predicted molar refractivity (Wildman–Crippen MR) is 28.0 cm³/mol. The fraction of sp³-hybridized carbons (Fsp3) is 0. The Morgan fingerprint density at radius 1 is 1.00 bits per heavy atom. The van der Waals surface area contributed by atoms with Crippen LogP contribution in [-0.2, 0) is 18.6 Å². The SMILES string of the molecule is Oc1c(F)ccc(F)c1F.[V]. The van der Waals surface area contributed by atoms with Crippen LogP contribution in [0.25, 0.3) is 0 Å². The second-order valence-electron chi connectivity index (χ2n) is 1.69. The second kappa shape index (κ2) is 3.69. The van der Waals surface area contributed by atoms with Crippen molar-refractivity contribution in [3.63, 3.8) is 0 Å². The minimum atomic E-state index is -1.56. The monoisotopic (exact) mass is 199 g/mol. The van der Waals surface area contributed by atoms with E-state index >= 15 is 0 Å². The van der Waals surface area contributed by atoms with Gasteiger partial charge in [-0.2, -0.15) is 4.39 Å². The third kappa shape index (κ3) is 1.91. The molecule has 1 N–H and O–H groups in total. The van der Waals surface area contributed by atoms with Gasteiger partial charge in [-0.1, -0.05) is 0 Å². The van der Waals surface area contributed by atoms with Crippen molar-refractivity contribution < 1.29 is 36.8 Å². The van der Waals surface area contributed by atoms with E-state index in [1.807, 2.05) is 0 Å². The van der Waals surface area contributed by atoms with Gasteiger partial charge in [0.15, 0.2) is 17.4 Å². The summed E-state index contributed by atoms with van der Waals surface area (Å²) in [5.41, 5.74) is 0. The van der Waals surface area contributed by atoms with Crippen LogP contribution in [0.15, 0.2) is 12.1 Å². The normalized spacial score (nSPS) is 9.00. The first-order valence-electron chi connectivity index (χ1n) is 2.45. The molecule has 0 atom stereocenters.